The van der Waals surface area contributed by atoms with Crippen molar-refractivity contribution in [3.05, 3.63) is 17.7 Å². The van der Waals surface area contributed by atoms with Crippen LogP contribution in [0.1, 0.15) is 39.3 Å². The second kappa shape index (κ2) is 4.41. The second-order valence-electron chi connectivity index (χ2n) is 5.66. The van der Waals surface area contributed by atoms with Crippen LogP contribution in [0, 0.1) is 5.82 Å². The summed E-state index contributed by atoms with van der Waals surface area (Å²) in [7, 11) is 1.83. The molecule has 0 aliphatic carbocycles. The Kier molecular flexibility index (Phi) is 3.25. The van der Waals surface area contributed by atoms with Crippen LogP contribution < -0.4 is 0 Å². The minimum absolute atomic E-state index is 0.0687. The van der Waals surface area contributed by atoms with Crippen molar-refractivity contribution >= 4 is 0 Å². The summed E-state index contributed by atoms with van der Waals surface area (Å²) in [4.78, 5) is 2.45. The molecule has 1 saturated heterocycles. The lowest BCUT2D eigenvalue weighted by atomic mass is 9.77. The van der Waals surface area contributed by atoms with Crippen molar-refractivity contribution in [3.8, 4) is 0 Å². The number of aromatic nitrogens is 2. The molecule has 0 saturated carbocycles. The summed E-state index contributed by atoms with van der Waals surface area (Å²) in [5.41, 5.74) is 0.696. The Morgan fingerprint density at radius 1 is 1.35 bits per heavy atom. The number of nitrogens with zero attached hydrogens (tertiary/aromatic N) is 3. The molecule has 96 valence electrons. The van der Waals surface area contributed by atoms with Crippen LogP contribution in [0.5, 0.6) is 0 Å². The molecule has 0 amide bonds. The Bertz CT molecular complexity index is 370. The van der Waals surface area contributed by atoms with E-state index in [4.69, 9.17) is 0 Å². The van der Waals surface area contributed by atoms with Gasteiger partial charge in [0.25, 0.3) is 0 Å². The molecular weight excluding hydrogens is 217 g/mol. The van der Waals surface area contributed by atoms with Crippen LogP contribution in [0.3, 0.4) is 0 Å². The normalized spacial score (nSPS) is 21.1. The number of likely N-dealkylation sites (tertiary alicyclic amines) is 1. The van der Waals surface area contributed by atoms with E-state index in [0.29, 0.717) is 6.04 Å². The second-order valence-corrected chi connectivity index (χ2v) is 5.66. The quantitative estimate of drug-likeness (QED) is 0.789. The van der Waals surface area contributed by atoms with Gasteiger partial charge in [-0.25, -0.2) is 4.39 Å². The first-order valence-electron chi connectivity index (χ1n) is 6.36. The molecule has 1 fully saturated rings. The average molecular weight is 239 g/mol. The molecule has 0 unspecified atom stereocenters. The summed E-state index contributed by atoms with van der Waals surface area (Å²) in [5, 5.41) is 4.02. The molecule has 2 heterocycles. The van der Waals surface area contributed by atoms with Crippen molar-refractivity contribution in [1.82, 2.24) is 14.7 Å². The molecule has 1 aromatic heterocycles. The molecule has 0 aromatic carbocycles. The molecule has 2 rings (SSSR count). The van der Waals surface area contributed by atoms with Crippen molar-refractivity contribution in [2.45, 2.75) is 45.1 Å². The monoisotopic (exact) mass is 239 g/mol. The lowest BCUT2D eigenvalue weighted by molar-refractivity contribution is 0.131. The predicted octanol–water partition coefficient (Wildman–Crippen LogP) is 2.32. The van der Waals surface area contributed by atoms with Crippen LogP contribution in [0.4, 0.5) is 4.39 Å². The van der Waals surface area contributed by atoms with E-state index in [0.717, 1.165) is 31.6 Å². The van der Waals surface area contributed by atoms with Gasteiger partial charge in [0.1, 0.15) is 0 Å². The van der Waals surface area contributed by atoms with Gasteiger partial charge in [-0.1, -0.05) is 6.92 Å². The molecule has 1 aliphatic rings. The van der Waals surface area contributed by atoms with E-state index in [1.807, 2.05) is 7.05 Å². The van der Waals surface area contributed by atoms with Gasteiger partial charge in [-0.2, -0.15) is 5.10 Å². The predicted molar refractivity (Wildman–Crippen MR) is 66.5 cm³/mol. The summed E-state index contributed by atoms with van der Waals surface area (Å²) in [6.45, 7) is 8.67. The van der Waals surface area contributed by atoms with E-state index >= 15 is 0 Å². The van der Waals surface area contributed by atoms with E-state index in [1.165, 1.54) is 6.20 Å². The van der Waals surface area contributed by atoms with Crippen LogP contribution in [0.2, 0.25) is 0 Å². The third kappa shape index (κ3) is 2.23. The molecule has 4 heteroatoms. The highest BCUT2D eigenvalue weighted by Gasteiger charge is 2.36. The smallest absolute Gasteiger partial charge is 0.164 e. The Hall–Kier alpha value is -0.900. The van der Waals surface area contributed by atoms with Gasteiger partial charge in [0.15, 0.2) is 5.82 Å². The van der Waals surface area contributed by atoms with Crippen molar-refractivity contribution in [2.24, 2.45) is 7.05 Å². The molecule has 3 nitrogen and oxygen atoms in total. The zero-order valence-electron chi connectivity index (χ0n) is 11.2. The Morgan fingerprint density at radius 2 is 1.94 bits per heavy atom. The van der Waals surface area contributed by atoms with Gasteiger partial charge >= 0.3 is 0 Å². The molecule has 0 radical (unpaired) electrons. The maximum absolute atomic E-state index is 13.8. The fourth-order valence-corrected chi connectivity index (χ4v) is 2.86. The summed E-state index contributed by atoms with van der Waals surface area (Å²) >= 11 is 0. The highest BCUT2D eigenvalue weighted by atomic mass is 19.1. The zero-order valence-corrected chi connectivity index (χ0v) is 11.2. The van der Waals surface area contributed by atoms with Crippen molar-refractivity contribution < 1.29 is 4.39 Å². The molecule has 17 heavy (non-hydrogen) atoms. The molecule has 0 N–H and O–H groups in total. The summed E-state index contributed by atoms with van der Waals surface area (Å²) < 4.78 is 15.5. The Morgan fingerprint density at radius 3 is 2.35 bits per heavy atom. The maximum atomic E-state index is 13.8. The number of aryl methyl sites for hydroxylation is 1. The maximum Gasteiger partial charge on any atom is 0.164 e. The topological polar surface area (TPSA) is 21.1 Å². The SMILES string of the molecule is CC(C)N1CCC(C)(c2c(F)cnn2C)CC1. The molecule has 0 atom stereocenters. The van der Waals surface area contributed by atoms with E-state index < -0.39 is 0 Å². The van der Waals surface area contributed by atoms with Crippen molar-refractivity contribution in [3.63, 3.8) is 0 Å². The van der Waals surface area contributed by atoms with Crippen LogP contribution in [0.25, 0.3) is 0 Å². The molecule has 1 aromatic rings. The van der Waals surface area contributed by atoms with Gasteiger partial charge in [-0.15, -0.1) is 0 Å². The molecular formula is C13H22FN3. The summed E-state index contributed by atoms with van der Waals surface area (Å²) in [5.74, 6) is -0.159. The first kappa shape index (κ1) is 12.6. The van der Waals surface area contributed by atoms with E-state index in [1.54, 1.807) is 4.68 Å². The summed E-state index contributed by atoms with van der Waals surface area (Å²) in [6.07, 6.45) is 3.33. The fourth-order valence-electron chi connectivity index (χ4n) is 2.86. The molecule has 1 aliphatic heterocycles. The minimum atomic E-state index is -0.159. The number of hydrogen-bond donors (Lipinski definition) is 0. The third-order valence-electron chi connectivity index (χ3n) is 4.10. The molecule has 0 spiro atoms. The standard InChI is InChI=1S/C13H22FN3/c1-10(2)17-7-5-13(3,6-8-17)12-11(14)9-15-16(12)4/h9-10H,5-8H2,1-4H3. The number of piperidine rings is 1. The Balaban J connectivity index is 2.18. The van der Waals surface area contributed by atoms with E-state index in [9.17, 15) is 4.39 Å². The number of halogens is 1. The van der Waals surface area contributed by atoms with Crippen LogP contribution in [0.15, 0.2) is 6.20 Å². The first-order chi connectivity index (χ1) is 7.94. The van der Waals surface area contributed by atoms with Gasteiger partial charge in [-0.3, -0.25) is 4.68 Å². The van der Waals surface area contributed by atoms with Crippen LogP contribution in [-0.4, -0.2) is 33.8 Å². The summed E-state index contributed by atoms with van der Waals surface area (Å²) in [6, 6.07) is 0.580. The van der Waals surface area contributed by atoms with Gasteiger partial charge in [0.05, 0.1) is 11.9 Å². The van der Waals surface area contributed by atoms with E-state index in [2.05, 4.69) is 30.8 Å². The lowest BCUT2D eigenvalue weighted by Crippen LogP contribution is -2.45. The van der Waals surface area contributed by atoms with Crippen molar-refractivity contribution in [1.29, 1.82) is 0 Å². The van der Waals surface area contributed by atoms with Gasteiger partial charge in [0.2, 0.25) is 0 Å². The van der Waals surface area contributed by atoms with Crippen molar-refractivity contribution in [2.75, 3.05) is 13.1 Å². The first-order valence-corrected chi connectivity index (χ1v) is 6.36. The number of hydrogen-bond acceptors (Lipinski definition) is 2. The highest BCUT2D eigenvalue weighted by molar-refractivity contribution is 5.18. The fraction of sp³-hybridized carbons (Fsp3) is 0.769. The van der Waals surface area contributed by atoms with Gasteiger partial charge in [0, 0.05) is 18.5 Å². The highest BCUT2D eigenvalue weighted by Crippen LogP contribution is 2.36. The molecule has 0 bridgehead atoms. The van der Waals surface area contributed by atoms with Gasteiger partial charge < -0.3 is 4.90 Å². The minimum Gasteiger partial charge on any atom is -0.301 e. The third-order valence-corrected chi connectivity index (χ3v) is 4.10. The zero-order chi connectivity index (χ0) is 12.6. The van der Waals surface area contributed by atoms with Crippen LogP contribution in [-0.2, 0) is 12.5 Å². The largest absolute Gasteiger partial charge is 0.301 e. The number of rotatable bonds is 2. The lowest BCUT2D eigenvalue weighted by Gasteiger charge is -2.41. The van der Waals surface area contributed by atoms with Gasteiger partial charge in [-0.05, 0) is 39.8 Å². The van der Waals surface area contributed by atoms with E-state index in [-0.39, 0.29) is 11.2 Å². The average Bonchev–Trinajstić information content (AvgIpc) is 2.59. The van der Waals surface area contributed by atoms with Crippen LogP contribution >= 0.6 is 0 Å². The Labute approximate surface area is 103 Å².